The molecule has 0 aromatic carbocycles. The lowest BCUT2D eigenvalue weighted by molar-refractivity contribution is -0.118. The van der Waals surface area contributed by atoms with Crippen LogP contribution in [0.25, 0.3) is 0 Å². The molecular formula is C22H43N3O2. The molecule has 0 radical (unpaired) electrons. The second-order valence-corrected chi connectivity index (χ2v) is 7.52. The molecule has 2 N–H and O–H groups in total. The molecule has 0 aliphatic rings. The maximum Gasteiger partial charge on any atom is 0.216 e. The average molecular weight is 382 g/mol. The van der Waals surface area contributed by atoms with Crippen LogP contribution in [-0.2, 0) is 4.79 Å². The highest BCUT2D eigenvalue weighted by molar-refractivity contribution is 5.72. The van der Waals surface area contributed by atoms with Crippen molar-refractivity contribution in [2.24, 2.45) is 5.92 Å². The first-order valence-corrected chi connectivity index (χ1v) is 10.2. The molecular weight excluding hydrogens is 338 g/mol. The third-order valence-electron chi connectivity index (χ3n) is 3.40. The van der Waals surface area contributed by atoms with Gasteiger partial charge in [0.25, 0.3) is 0 Å². The van der Waals surface area contributed by atoms with Crippen LogP contribution in [0.2, 0.25) is 0 Å². The summed E-state index contributed by atoms with van der Waals surface area (Å²) in [4.78, 5) is 16.8. The lowest BCUT2D eigenvalue weighted by Gasteiger charge is -2.24. The van der Waals surface area contributed by atoms with E-state index in [9.17, 15) is 9.90 Å². The molecule has 1 aromatic rings. The number of rotatable bonds is 7. The number of aryl methyl sites for hydroxylation is 2. The fourth-order valence-corrected chi connectivity index (χ4v) is 2.00. The normalized spacial score (nSPS) is 10.9. The van der Waals surface area contributed by atoms with Gasteiger partial charge in [0.2, 0.25) is 5.91 Å². The first-order chi connectivity index (χ1) is 12.5. The molecule has 27 heavy (non-hydrogen) atoms. The van der Waals surface area contributed by atoms with Gasteiger partial charge in [-0.1, -0.05) is 33.8 Å². The van der Waals surface area contributed by atoms with E-state index in [0.29, 0.717) is 0 Å². The zero-order valence-electron chi connectivity index (χ0n) is 19.1. The molecule has 0 bridgehead atoms. The van der Waals surface area contributed by atoms with Crippen molar-refractivity contribution >= 4 is 11.7 Å². The Morgan fingerprint density at radius 2 is 1.70 bits per heavy atom. The zero-order chi connectivity index (χ0) is 21.4. The molecule has 0 spiro atoms. The Kier molecular flexibility index (Phi) is 16.9. The van der Waals surface area contributed by atoms with Gasteiger partial charge in [-0.25, -0.2) is 4.98 Å². The smallest absolute Gasteiger partial charge is 0.216 e. The molecule has 0 aliphatic heterocycles. The second-order valence-electron chi connectivity index (χ2n) is 7.52. The number of aliphatic hydroxyl groups excluding tert-OH is 1. The molecule has 1 atom stereocenters. The number of anilines is 1. The maximum atomic E-state index is 9.93. The molecule has 1 rings (SSSR count). The van der Waals surface area contributed by atoms with E-state index in [-0.39, 0.29) is 12.0 Å². The topological polar surface area (TPSA) is 65.5 Å². The molecule has 0 saturated heterocycles. The molecule has 1 heterocycles. The summed E-state index contributed by atoms with van der Waals surface area (Å²) in [5.74, 6) is 1.90. The van der Waals surface area contributed by atoms with Gasteiger partial charge in [-0.2, -0.15) is 0 Å². The van der Waals surface area contributed by atoms with Gasteiger partial charge in [0.05, 0.1) is 6.10 Å². The Balaban J connectivity index is 0. The minimum atomic E-state index is -0.249. The van der Waals surface area contributed by atoms with E-state index >= 15 is 0 Å². The minimum Gasteiger partial charge on any atom is -0.393 e. The largest absolute Gasteiger partial charge is 0.393 e. The standard InChI is InChI=1S/C14H24N2O.C4H9NO.C4H10/c1-5-9-16(10-8-12(3)17)14-7-6-11(2)13(4)15-14;1-3-5-4(2)6;1-4(2)3/h6-7,12,17H,5,8-10H2,1-4H3;3H2,1-2H3,(H,5,6);4H,1-3H3. The third kappa shape index (κ3) is 17.5. The molecule has 0 saturated carbocycles. The fraction of sp³-hybridized carbons (Fsp3) is 0.727. The minimum absolute atomic E-state index is 0.0394. The molecule has 5 heteroatoms. The van der Waals surface area contributed by atoms with Crippen LogP contribution >= 0.6 is 0 Å². The van der Waals surface area contributed by atoms with Crippen LogP contribution in [0.15, 0.2) is 12.1 Å². The van der Waals surface area contributed by atoms with Gasteiger partial charge in [0.15, 0.2) is 0 Å². The van der Waals surface area contributed by atoms with Crippen molar-refractivity contribution in [2.75, 3.05) is 24.5 Å². The molecule has 1 aromatic heterocycles. The Morgan fingerprint density at radius 1 is 1.15 bits per heavy atom. The van der Waals surface area contributed by atoms with Crippen LogP contribution in [0, 0.1) is 19.8 Å². The van der Waals surface area contributed by atoms with Gasteiger partial charge in [0.1, 0.15) is 5.82 Å². The Labute approximate surface area is 167 Å². The molecule has 0 fully saturated rings. The Hall–Kier alpha value is -1.62. The predicted octanol–water partition coefficient (Wildman–Crippen LogP) is 4.49. The van der Waals surface area contributed by atoms with Crippen LogP contribution in [0.1, 0.15) is 72.6 Å². The molecule has 158 valence electrons. The molecule has 5 nitrogen and oxygen atoms in total. The van der Waals surface area contributed by atoms with Crippen molar-refractivity contribution in [1.29, 1.82) is 0 Å². The summed E-state index contributed by atoms with van der Waals surface area (Å²) in [7, 11) is 0. The highest BCUT2D eigenvalue weighted by Gasteiger charge is 2.09. The lowest BCUT2D eigenvalue weighted by Crippen LogP contribution is -2.28. The van der Waals surface area contributed by atoms with E-state index in [1.54, 1.807) is 0 Å². The van der Waals surface area contributed by atoms with Crippen LogP contribution < -0.4 is 10.2 Å². The van der Waals surface area contributed by atoms with Crippen LogP contribution in [0.5, 0.6) is 0 Å². The summed E-state index contributed by atoms with van der Waals surface area (Å²) in [6.45, 7) is 20.6. The fourth-order valence-electron chi connectivity index (χ4n) is 2.00. The van der Waals surface area contributed by atoms with Crippen molar-refractivity contribution in [2.45, 2.75) is 81.3 Å². The summed E-state index contributed by atoms with van der Waals surface area (Å²) >= 11 is 0. The summed E-state index contributed by atoms with van der Waals surface area (Å²) in [6.07, 6.45) is 1.63. The lowest BCUT2D eigenvalue weighted by atomic mass is 10.2. The van der Waals surface area contributed by atoms with Crippen molar-refractivity contribution in [3.05, 3.63) is 23.4 Å². The Morgan fingerprint density at radius 3 is 2.04 bits per heavy atom. The van der Waals surface area contributed by atoms with Crippen molar-refractivity contribution < 1.29 is 9.90 Å². The number of pyridine rings is 1. The van der Waals surface area contributed by atoms with Gasteiger partial charge < -0.3 is 15.3 Å². The zero-order valence-corrected chi connectivity index (χ0v) is 19.1. The molecule has 1 amide bonds. The van der Waals surface area contributed by atoms with Gasteiger partial charge >= 0.3 is 0 Å². The first kappa shape index (κ1) is 27.6. The summed E-state index contributed by atoms with van der Waals surface area (Å²) in [5, 5.41) is 11.9. The molecule has 1 unspecified atom stereocenters. The van der Waals surface area contributed by atoms with Crippen molar-refractivity contribution in [1.82, 2.24) is 10.3 Å². The first-order valence-electron chi connectivity index (χ1n) is 10.2. The quantitative estimate of drug-likeness (QED) is 0.730. The van der Waals surface area contributed by atoms with Gasteiger partial charge in [-0.3, -0.25) is 4.79 Å². The summed E-state index contributed by atoms with van der Waals surface area (Å²) in [5.41, 5.74) is 2.31. The highest BCUT2D eigenvalue weighted by atomic mass is 16.3. The van der Waals surface area contributed by atoms with E-state index in [0.717, 1.165) is 49.9 Å². The number of carbonyl (C=O) groups is 1. The monoisotopic (exact) mass is 381 g/mol. The van der Waals surface area contributed by atoms with Gasteiger partial charge in [0, 0.05) is 32.3 Å². The third-order valence-corrected chi connectivity index (χ3v) is 3.40. The maximum absolute atomic E-state index is 9.93. The number of hydrogen-bond acceptors (Lipinski definition) is 4. The highest BCUT2D eigenvalue weighted by Crippen LogP contribution is 2.15. The van der Waals surface area contributed by atoms with Crippen molar-refractivity contribution in [3.8, 4) is 0 Å². The van der Waals surface area contributed by atoms with Gasteiger partial charge in [-0.15, -0.1) is 0 Å². The summed E-state index contributed by atoms with van der Waals surface area (Å²) in [6, 6.07) is 4.18. The van der Waals surface area contributed by atoms with Gasteiger partial charge in [-0.05, 0) is 58.1 Å². The number of amides is 1. The van der Waals surface area contributed by atoms with Crippen LogP contribution in [0.4, 0.5) is 5.82 Å². The van der Waals surface area contributed by atoms with E-state index in [1.807, 2.05) is 20.8 Å². The average Bonchev–Trinajstić information content (AvgIpc) is 2.54. The van der Waals surface area contributed by atoms with E-state index in [4.69, 9.17) is 0 Å². The number of hydrogen-bond donors (Lipinski definition) is 2. The van der Waals surface area contributed by atoms with E-state index < -0.39 is 0 Å². The van der Waals surface area contributed by atoms with E-state index in [1.165, 1.54) is 12.5 Å². The number of aliphatic hydroxyl groups is 1. The predicted molar refractivity (Wildman–Crippen MR) is 117 cm³/mol. The second kappa shape index (κ2) is 16.5. The van der Waals surface area contributed by atoms with E-state index in [2.05, 4.69) is 62.0 Å². The number of aromatic nitrogens is 1. The van der Waals surface area contributed by atoms with Crippen LogP contribution in [-0.4, -0.2) is 41.7 Å². The number of nitrogens with zero attached hydrogens (tertiary/aromatic N) is 2. The SMILES string of the molecule is CC(C)C.CCCN(CCC(C)O)c1ccc(C)c(C)n1.CCNC(C)=O. The number of carbonyl (C=O) groups excluding carboxylic acids is 1. The summed E-state index contributed by atoms with van der Waals surface area (Å²) < 4.78 is 0. The van der Waals surface area contributed by atoms with Crippen LogP contribution in [0.3, 0.4) is 0 Å². The van der Waals surface area contributed by atoms with Crippen molar-refractivity contribution in [3.63, 3.8) is 0 Å². The molecule has 0 aliphatic carbocycles. The Bertz CT molecular complexity index is 500. The number of nitrogens with one attached hydrogen (secondary N) is 1.